The van der Waals surface area contributed by atoms with E-state index >= 15 is 0 Å². The van der Waals surface area contributed by atoms with E-state index in [9.17, 15) is 4.79 Å². The number of carbonyl (C=O) groups is 1. The van der Waals surface area contributed by atoms with Crippen molar-refractivity contribution in [1.29, 1.82) is 0 Å². The highest BCUT2D eigenvalue weighted by molar-refractivity contribution is 5.78. The first-order valence-corrected chi connectivity index (χ1v) is 5.67. The molecule has 0 atom stereocenters. The summed E-state index contributed by atoms with van der Waals surface area (Å²) in [5.41, 5.74) is -0.0924. The van der Waals surface area contributed by atoms with Crippen molar-refractivity contribution in [3.63, 3.8) is 0 Å². The van der Waals surface area contributed by atoms with E-state index in [-0.39, 0.29) is 18.1 Å². The Bertz CT molecular complexity index is 217. The number of rotatable bonds is 4. The van der Waals surface area contributed by atoms with E-state index in [4.69, 9.17) is 4.74 Å². The molecule has 0 saturated carbocycles. The summed E-state index contributed by atoms with van der Waals surface area (Å²) in [7, 11) is 0. The van der Waals surface area contributed by atoms with Crippen molar-refractivity contribution in [2.45, 2.75) is 32.7 Å². The molecule has 88 valence electrons. The van der Waals surface area contributed by atoms with Gasteiger partial charge in [0, 0.05) is 31.8 Å². The first-order chi connectivity index (χ1) is 7.08. The molecule has 0 aromatic rings. The van der Waals surface area contributed by atoms with Crippen molar-refractivity contribution < 1.29 is 9.53 Å². The van der Waals surface area contributed by atoms with Crippen LogP contribution in [0.2, 0.25) is 0 Å². The van der Waals surface area contributed by atoms with Gasteiger partial charge in [-0.3, -0.25) is 4.79 Å². The van der Waals surface area contributed by atoms with Crippen LogP contribution in [0, 0.1) is 0 Å². The summed E-state index contributed by atoms with van der Waals surface area (Å²) < 4.78 is 5.28. The maximum Gasteiger partial charge on any atom is 0.249 e. The van der Waals surface area contributed by atoms with Crippen molar-refractivity contribution in [1.82, 2.24) is 10.2 Å². The van der Waals surface area contributed by atoms with Crippen LogP contribution in [0.25, 0.3) is 0 Å². The molecule has 1 amide bonds. The van der Waals surface area contributed by atoms with Crippen molar-refractivity contribution in [2.75, 3.05) is 32.8 Å². The van der Waals surface area contributed by atoms with Crippen LogP contribution in [0.3, 0.4) is 0 Å². The van der Waals surface area contributed by atoms with Crippen LogP contribution in [0.1, 0.15) is 27.2 Å². The zero-order chi connectivity index (χ0) is 11.3. The maximum atomic E-state index is 11.9. The molecular weight excluding hydrogens is 192 g/mol. The molecule has 4 heteroatoms. The summed E-state index contributed by atoms with van der Waals surface area (Å²) in [4.78, 5) is 13.8. The predicted molar refractivity (Wildman–Crippen MR) is 59.8 cm³/mol. The Kier molecular flexibility index (Phi) is 4.54. The van der Waals surface area contributed by atoms with Crippen LogP contribution in [0.5, 0.6) is 0 Å². The molecule has 0 spiro atoms. The van der Waals surface area contributed by atoms with Gasteiger partial charge in [-0.15, -0.1) is 0 Å². The molecule has 0 aromatic carbocycles. The minimum Gasteiger partial charge on any atom is -0.372 e. The molecular formula is C11H22N2O2. The van der Waals surface area contributed by atoms with E-state index in [1.165, 1.54) is 0 Å². The summed E-state index contributed by atoms with van der Waals surface area (Å²) in [6.07, 6.45) is 0.957. The monoisotopic (exact) mass is 214 g/mol. The number of carbonyl (C=O) groups excluding carboxylic acids is 1. The van der Waals surface area contributed by atoms with E-state index < -0.39 is 0 Å². The van der Waals surface area contributed by atoms with Gasteiger partial charge in [-0.1, -0.05) is 6.92 Å². The Labute approximate surface area is 92.0 Å². The highest BCUT2D eigenvalue weighted by atomic mass is 16.5. The highest BCUT2D eigenvalue weighted by Gasteiger charge is 2.32. The smallest absolute Gasteiger partial charge is 0.249 e. The van der Waals surface area contributed by atoms with Gasteiger partial charge in [-0.2, -0.15) is 0 Å². The zero-order valence-electron chi connectivity index (χ0n) is 10.0. The molecule has 0 bridgehead atoms. The number of nitrogens with zero attached hydrogens (tertiary/aromatic N) is 1. The number of piperazine rings is 1. The minimum atomic E-state index is -0.0924. The molecule has 0 aliphatic carbocycles. The van der Waals surface area contributed by atoms with Gasteiger partial charge in [-0.05, 0) is 20.3 Å². The maximum absolute atomic E-state index is 11.9. The lowest BCUT2D eigenvalue weighted by molar-refractivity contribution is -0.142. The van der Waals surface area contributed by atoms with Crippen LogP contribution in [-0.2, 0) is 9.53 Å². The first kappa shape index (κ1) is 12.5. The Balaban J connectivity index is 2.42. The second kappa shape index (κ2) is 5.47. The fourth-order valence-electron chi connectivity index (χ4n) is 1.83. The van der Waals surface area contributed by atoms with Crippen LogP contribution in [0.4, 0.5) is 0 Å². The minimum absolute atomic E-state index is 0.0924. The van der Waals surface area contributed by atoms with Crippen molar-refractivity contribution >= 4 is 5.91 Å². The molecule has 1 fully saturated rings. The standard InChI is InChI=1S/C11H22N2O2/c1-4-7-15-8-10(14)13-6-5-12-9-11(13,2)3/h12H,4-9H2,1-3H3. The van der Waals surface area contributed by atoms with Gasteiger partial charge in [0.1, 0.15) is 6.61 Å². The van der Waals surface area contributed by atoms with Crippen molar-refractivity contribution in [3.05, 3.63) is 0 Å². The average molecular weight is 214 g/mol. The molecule has 1 aliphatic rings. The lowest BCUT2D eigenvalue weighted by atomic mass is 10.0. The Morgan fingerprint density at radius 2 is 2.27 bits per heavy atom. The number of hydrogen-bond acceptors (Lipinski definition) is 3. The third-order valence-corrected chi connectivity index (χ3v) is 2.68. The number of hydrogen-bond donors (Lipinski definition) is 1. The van der Waals surface area contributed by atoms with Gasteiger partial charge in [0.2, 0.25) is 5.91 Å². The number of amides is 1. The first-order valence-electron chi connectivity index (χ1n) is 5.67. The molecule has 1 saturated heterocycles. The number of ether oxygens (including phenoxy) is 1. The van der Waals surface area contributed by atoms with Crippen LogP contribution < -0.4 is 5.32 Å². The highest BCUT2D eigenvalue weighted by Crippen LogP contribution is 2.16. The van der Waals surface area contributed by atoms with Gasteiger partial charge in [0.15, 0.2) is 0 Å². The topological polar surface area (TPSA) is 41.6 Å². The Morgan fingerprint density at radius 3 is 2.87 bits per heavy atom. The lowest BCUT2D eigenvalue weighted by Gasteiger charge is -2.42. The molecule has 1 heterocycles. The van der Waals surface area contributed by atoms with Crippen LogP contribution >= 0.6 is 0 Å². The molecule has 0 unspecified atom stereocenters. The second-order valence-corrected chi connectivity index (χ2v) is 4.59. The SMILES string of the molecule is CCCOCC(=O)N1CCNCC1(C)C. The van der Waals surface area contributed by atoms with E-state index in [1.54, 1.807) is 0 Å². The van der Waals surface area contributed by atoms with E-state index in [2.05, 4.69) is 19.2 Å². The average Bonchev–Trinajstić information content (AvgIpc) is 2.17. The van der Waals surface area contributed by atoms with E-state index in [0.717, 1.165) is 26.1 Å². The van der Waals surface area contributed by atoms with E-state index in [1.807, 2.05) is 11.8 Å². The van der Waals surface area contributed by atoms with Gasteiger partial charge in [0.25, 0.3) is 0 Å². The Morgan fingerprint density at radius 1 is 1.53 bits per heavy atom. The molecule has 0 radical (unpaired) electrons. The van der Waals surface area contributed by atoms with E-state index in [0.29, 0.717) is 6.61 Å². The lowest BCUT2D eigenvalue weighted by Crippen LogP contribution is -2.60. The Hall–Kier alpha value is -0.610. The summed E-state index contributed by atoms with van der Waals surface area (Å²) in [6.45, 7) is 9.60. The molecule has 1 rings (SSSR count). The van der Waals surface area contributed by atoms with Gasteiger partial charge in [-0.25, -0.2) is 0 Å². The van der Waals surface area contributed by atoms with Crippen molar-refractivity contribution in [3.8, 4) is 0 Å². The van der Waals surface area contributed by atoms with Crippen LogP contribution in [-0.4, -0.2) is 49.2 Å². The quantitative estimate of drug-likeness (QED) is 0.698. The summed E-state index contributed by atoms with van der Waals surface area (Å²) in [5.74, 6) is 0.106. The third-order valence-electron chi connectivity index (χ3n) is 2.68. The molecule has 4 nitrogen and oxygen atoms in total. The number of nitrogens with one attached hydrogen (secondary N) is 1. The molecule has 1 N–H and O–H groups in total. The fraction of sp³-hybridized carbons (Fsp3) is 0.909. The third kappa shape index (κ3) is 3.47. The zero-order valence-corrected chi connectivity index (χ0v) is 10.0. The summed E-state index contributed by atoms with van der Waals surface area (Å²) >= 11 is 0. The normalized spacial score (nSPS) is 20.3. The largest absolute Gasteiger partial charge is 0.372 e. The molecule has 15 heavy (non-hydrogen) atoms. The predicted octanol–water partition coefficient (Wildman–Crippen LogP) is 0.623. The van der Waals surface area contributed by atoms with Crippen LogP contribution in [0.15, 0.2) is 0 Å². The van der Waals surface area contributed by atoms with Gasteiger partial charge in [0.05, 0.1) is 0 Å². The van der Waals surface area contributed by atoms with Crippen molar-refractivity contribution in [2.24, 2.45) is 0 Å². The summed E-state index contributed by atoms with van der Waals surface area (Å²) in [6, 6.07) is 0. The van der Waals surface area contributed by atoms with Gasteiger partial charge >= 0.3 is 0 Å². The fourth-order valence-corrected chi connectivity index (χ4v) is 1.83. The van der Waals surface area contributed by atoms with Gasteiger partial charge < -0.3 is 15.0 Å². The molecule has 1 aliphatic heterocycles. The second-order valence-electron chi connectivity index (χ2n) is 4.59. The summed E-state index contributed by atoms with van der Waals surface area (Å²) in [5, 5.41) is 3.29. The molecule has 0 aromatic heterocycles.